The highest BCUT2D eigenvalue weighted by molar-refractivity contribution is 6.43. The summed E-state index contributed by atoms with van der Waals surface area (Å²) in [5.74, 6) is 0.657. The second kappa shape index (κ2) is 5.26. The van der Waals surface area contributed by atoms with E-state index in [9.17, 15) is 0 Å². The fourth-order valence-corrected chi connectivity index (χ4v) is 1.99. The number of fused-ring (bicyclic) bond motifs is 1. The van der Waals surface area contributed by atoms with Gasteiger partial charge in [0.2, 0.25) is 0 Å². The van der Waals surface area contributed by atoms with Gasteiger partial charge >= 0.3 is 0 Å². The first-order valence-corrected chi connectivity index (χ1v) is 5.32. The van der Waals surface area contributed by atoms with Crippen LogP contribution in [0.4, 0.5) is 0 Å². The molecule has 1 aliphatic rings. The predicted molar refractivity (Wildman–Crippen MR) is 65.4 cm³/mol. The van der Waals surface area contributed by atoms with E-state index in [1.54, 1.807) is 6.07 Å². The molecule has 1 aromatic carbocycles. The topological polar surface area (TPSA) is 35.2 Å². The summed E-state index contributed by atoms with van der Waals surface area (Å²) in [5.41, 5.74) is 6.94. The van der Waals surface area contributed by atoms with E-state index in [1.165, 1.54) is 0 Å². The highest BCUT2D eigenvalue weighted by Gasteiger charge is 2.20. The molecule has 2 nitrogen and oxygen atoms in total. The highest BCUT2D eigenvalue weighted by Crippen LogP contribution is 2.39. The molecule has 0 saturated heterocycles. The van der Waals surface area contributed by atoms with Gasteiger partial charge in [0.1, 0.15) is 10.8 Å². The van der Waals surface area contributed by atoms with Crippen molar-refractivity contribution in [1.29, 1.82) is 0 Å². The molecule has 15 heavy (non-hydrogen) atoms. The largest absolute Gasteiger partial charge is 0.492 e. The maximum absolute atomic E-state index is 6.04. The normalized spacial score (nSPS) is 19.5. The van der Waals surface area contributed by atoms with Gasteiger partial charge in [0.25, 0.3) is 0 Å². The SMILES string of the molecule is Cl.NC1CCCOc2c1ccc(Cl)c2Cl. The average Bonchev–Trinajstić information content (AvgIpc) is 2.35. The van der Waals surface area contributed by atoms with E-state index < -0.39 is 0 Å². The molecule has 1 unspecified atom stereocenters. The quantitative estimate of drug-likeness (QED) is 0.780. The van der Waals surface area contributed by atoms with E-state index in [0.29, 0.717) is 22.4 Å². The van der Waals surface area contributed by atoms with E-state index in [2.05, 4.69) is 0 Å². The average molecular weight is 269 g/mol. The molecule has 0 radical (unpaired) electrons. The zero-order valence-corrected chi connectivity index (χ0v) is 10.3. The molecular weight excluding hydrogens is 256 g/mol. The molecule has 2 rings (SSSR count). The first kappa shape index (κ1) is 12.9. The van der Waals surface area contributed by atoms with Gasteiger partial charge in [-0.2, -0.15) is 0 Å². The number of nitrogens with two attached hydrogens (primary N) is 1. The van der Waals surface area contributed by atoms with Gasteiger partial charge in [-0.15, -0.1) is 12.4 Å². The minimum atomic E-state index is 0. The molecule has 84 valence electrons. The van der Waals surface area contributed by atoms with Gasteiger partial charge in [0, 0.05) is 11.6 Å². The zero-order valence-electron chi connectivity index (χ0n) is 8.00. The number of hydrogen-bond donors (Lipinski definition) is 1. The fourth-order valence-electron chi connectivity index (χ4n) is 1.62. The third-order valence-electron chi connectivity index (χ3n) is 2.39. The van der Waals surface area contributed by atoms with Crippen LogP contribution in [0, 0.1) is 0 Å². The number of hydrogen-bond acceptors (Lipinski definition) is 2. The predicted octanol–water partition coefficient (Wildman–Crippen LogP) is 3.59. The van der Waals surface area contributed by atoms with Crippen molar-refractivity contribution < 1.29 is 4.74 Å². The first-order chi connectivity index (χ1) is 6.70. The minimum Gasteiger partial charge on any atom is -0.492 e. The molecule has 0 saturated carbocycles. The van der Waals surface area contributed by atoms with Gasteiger partial charge in [-0.3, -0.25) is 0 Å². The zero-order chi connectivity index (χ0) is 10.1. The Balaban J connectivity index is 0.00000112. The maximum atomic E-state index is 6.04. The maximum Gasteiger partial charge on any atom is 0.144 e. The van der Waals surface area contributed by atoms with E-state index in [0.717, 1.165) is 18.4 Å². The lowest BCUT2D eigenvalue weighted by Crippen LogP contribution is -2.08. The van der Waals surface area contributed by atoms with Crippen LogP contribution >= 0.6 is 35.6 Å². The molecule has 1 atom stereocenters. The van der Waals surface area contributed by atoms with Crippen molar-refractivity contribution in [2.75, 3.05) is 6.61 Å². The molecule has 1 aromatic rings. The molecule has 0 amide bonds. The Hall–Kier alpha value is -0.150. The van der Waals surface area contributed by atoms with Gasteiger partial charge in [-0.1, -0.05) is 29.3 Å². The summed E-state index contributed by atoms with van der Waals surface area (Å²) in [6, 6.07) is 3.65. The lowest BCUT2D eigenvalue weighted by Gasteiger charge is -2.13. The highest BCUT2D eigenvalue weighted by atomic mass is 35.5. The Morgan fingerprint density at radius 1 is 1.33 bits per heavy atom. The lowest BCUT2D eigenvalue weighted by atomic mass is 10.0. The molecular formula is C10H12Cl3NO. The summed E-state index contributed by atoms with van der Waals surface area (Å²) in [7, 11) is 0. The van der Waals surface area contributed by atoms with Gasteiger partial charge in [0.15, 0.2) is 0 Å². The van der Waals surface area contributed by atoms with Crippen LogP contribution in [0.1, 0.15) is 24.4 Å². The molecule has 2 N–H and O–H groups in total. The van der Waals surface area contributed by atoms with Crippen LogP contribution in [0.15, 0.2) is 12.1 Å². The summed E-state index contributed by atoms with van der Waals surface area (Å²) >= 11 is 11.9. The van der Waals surface area contributed by atoms with Crippen LogP contribution < -0.4 is 10.5 Å². The Morgan fingerprint density at radius 3 is 2.80 bits per heavy atom. The van der Waals surface area contributed by atoms with Crippen molar-refractivity contribution in [2.24, 2.45) is 5.73 Å². The monoisotopic (exact) mass is 267 g/mol. The standard InChI is InChI=1S/C10H11Cl2NO.ClH/c11-7-4-3-6-8(13)2-1-5-14-10(6)9(7)12;/h3-4,8H,1-2,5,13H2;1H. The van der Waals surface area contributed by atoms with Crippen LogP contribution in [-0.2, 0) is 0 Å². The molecule has 1 heterocycles. The molecule has 0 aliphatic carbocycles. The van der Waals surface area contributed by atoms with Crippen molar-refractivity contribution >= 4 is 35.6 Å². The smallest absolute Gasteiger partial charge is 0.144 e. The molecule has 1 aliphatic heterocycles. The number of rotatable bonds is 0. The van der Waals surface area contributed by atoms with Crippen molar-refractivity contribution in [3.8, 4) is 5.75 Å². The third kappa shape index (κ3) is 2.51. The van der Waals surface area contributed by atoms with Crippen molar-refractivity contribution in [2.45, 2.75) is 18.9 Å². The van der Waals surface area contributed by atoms with Gasteiger partial charge in [0.05, 0.1) is 11.6 Å². The Labute approximate surface area is 105 Å². The molecule has 0 bridgehead atoms. The van der Waals surface area contributed by atoms with Crippen molar-refractivity contribution in [3.05, 3.63) is 27.7 Å². The van der Waals surface area contributed by atoms with Crippen LogP contribution in [-0.4, -0.2) is 6.61 Å². The summed E-state index contributed by atoms with van der Waals surface area (Å²) in [6.45, 7) is 0.654. The second-order valence-corrected chi connectivity index (χ2v) is 4.16. The third-order valence-corrected chi connectivity index (χ3v) is 3.17. The van der Waals surface area contributed by atoms with Gasteiger partial charge in [-0.05, 0) is 18.9 Å². The molecule has 0 aromatic heterocycles. The second-order valence-electron chi connectivity index (χ2n) is 3.38. The lowest BCUT2D eigenvalue weighted by molar-refractivity contribution is 0.316. The Morgan fingerprint density at radius 2 is 2.07 bits per heavy atom. The van der Waals surface area contributed by atoms with E-state index >= 15 is 0 Å². The summed E-state index contributed by atoms with van der Waals surface area (Å²) in [6.07, 6.45) is 1.87. The molecule has 0 spiro atoms. The summed E-state index contributed by atoms with van der Waals surface area (Å²) in [4.78, 5) is 0. The Kier molecular flexibility index (Phi) is 4.53. The number of ether oxygens (including phenoxy) is 1. The van der Waals surface area contributed by atoms with E-state index in [-0.39, 0.29) is 18.4 Å². The molecule has 0 fully saturated rings. The van der Waals surface area contributed by atoms with Gasteiger partial charge < -0.3 is 10.5 Å². The van der Waals surface area contributed by atoms with Crippen LogP contribution in [0.3, 0.4) is 0 Å². The molecule has 5 heteroatoms. The first-order valence-electron chi connectivity index (χ1n) is 4.56. The fraction of sp³-hybridized carbons (Fsp3) is 0.400. The number of benzene rings is 1. The van der Waals surface area contributed by atoms with Crippen LogP contribution in [0.5, 0.6) is 5.75 Å². The number of halogens is 3. The van der Waals surface area contributed by atoms with E-state index in [4.69, 9.17) is 33.7 Å². The Bertz CT molecular complexity index is 357. The van der Waals surface area contributed by atoms with Crippen molar-refractivity contribution in [3.63, 3.8) is 0 Å². The van der Waals surface area contributed by atoms with Crippen LogP contribution in [0.2, 0.25) is 10.0 Å². The van der Waals surface area contributed by atoms with Crippen LogP contribution in [0.25, 0.3) is 0 Å². The minimum absolute atomic E-state index is 0. The van der Waals surface area contributed by atoms with E-state index in [1.807, 2.05) is 6.07 Å². The summed E-state index contributed by atoms with van der Waals surface area (Å²) in [5, 5.41) is 0.987. The van der Waals surface area contributed by atoms with Crippen molar-refractivity contribution in [1.82, 2.24) is 0 Å². The summed E-state index contributed by atoms with van der Waals surface area (Å²) < 4.78 is 5.53. The van der Waals surface area contributed by atoms with Gasteiger partial charge in [-0.25, -0.2) is 0 Å².